The Hall–Kier alpha value is 1.43. The van der Waals surface area contributed by atoms with Gasteiger partial charge in [0.2, 0.25) is 0 Å². The minimum atomic E-state index is -1.27. The maximum atomic E-state index is 5.65. The zero-order valence-electron chi connectivity index (χ0n) is 18.9. The monoisotopic (exact) mass is 524 g/mol. The van der Waals surface area contributed by atoms with Gasteiger partial charge >= 0.3 is 180 Å². The molecule has 26 heavy (non-hydrogen) atoms. The molecule has 0 amide bonds. The Balaban J connectivity index is 0.000000263. The van der Waals surface area contributed by atoms with E-state index in [9.17, 15) is 0 Å². The van der Waals surface area contributed by atoms with Crippen molar-refractivity contribution in [3.8, 4) is 0 Å². The second kappa shape index (κ2) is 12.2. The summed E-state index contributed by atoms with van der Waals surface area (Å²) in [5, 5.41) is 0. The molecule has 0 aromatic carbocycles. The molecule has 4 N–H and O–H groups in total. The van der Waals surface area contributed by atoms with E-state index in [1.165, 1.54) is 49.9 Å². The third-order valence-corrected chi connectivity index (χ3v) is 31.6. The van der Waals surface area contributed by atoms with Crippen LogP contribution in [0.1, 0.15) is 79.6 Å². The van der Waals surface area contributed by atoms with Crippen molar-refractivity contribution in [2.24, 2.45) is 23.3 Å². The van der Waals surface area contributed by atoms with Gasteiger partial charge in [0.1, 0.15) is 0 Å². The van der Waals surface area contributed by atoms with Gasteiger partial charge in [-0.05, 0) is 0 Å². The molecular formula is C22H48GaInN2. The summed E-state index contributed by atoms with van der Waals surface area (Å²) in [4.78, 5) is 1.38. The summed E-state index contributed by atoms with van der Waals surface area (Å²) < 4.78 is 4.69. The van der Waals surface area contributed by atoms with Crippen LogP contribution in [0.5, 0.6) is 0 Å². The van der Waals surface area contributed by atoms with Crippen LogP contribution >= 0.6 is 0 Å². The number of hydrogen-bond acceptors (Lipinski definition) is 2. The SMILES string of the molecule is CC1CCC[C]1(C)[Ga]([CH3])[CH2]CN.C[CH2][In]([CH2]CCN)[C]1(C)CCCC1C. The van der Waals surface area contributed by atoms with Gasteiger partial charge in [0.15, 0.2) is 0 Å². The van der Waals surface area contributed by atoms with Crippen molar-refractivity contribution in [2.75, 3.05) is 13.1 Å². The normalized spacial score (nSPS) is 33.7. The summed E-state index contributed by atoms with van der Waals surface area (Å²) >= 11 is -2.30. The quantitative estimate of drug-likeness (QED) is 0.378. The van der Waals surface area contributed by atoms with Gasteiger partial charge in [-0.2, -0.15) is 0 Å². The van der Waals surface area contributed by atoms with E-state index < -0.39 is 37.7 Å². The first kappa shape index (κ1) is 25.5. The average Bonchev–Trinajstić information content (AvgIpc) is 3.13. The van der Waals surface area contributed by atoms with Crippen LogP contribution in [0.2, 0.25) is 25.9 Å². The van der Waals surface area contributed by atoms with Crippen molar-refractivity contribution in [3.05, 3.63) is 0 Å². The van der Waals surface area contributed by atoms with Crippen molar-refractivity contribution in [1.82, 2.24) is 0 Å². The van der Waals surface area contributed by atoms with Gasteiger partial charge in [0.05, 0.1) is 0 Å². The number of hydrogen-bond donors (Lipinski definition) is 2. The Kier molecular flexibility index (Phi) is 11.9. The number of nitrogens with two attached hydrogens (primary N) is 2. The van der Waals surface area contributed by atoms with Crippen molar-refractivity contribution in [2.45, 2.75) is 106 Å². The summed E-state index contributed by atoms with van der Waals surface area (Å²) in [6.07, 6.45) is 10.3. The van der Waals surface area contributed by atoms with Crippen molar-refractivity contribution in [3.63, 3.8) is 0 Å². The van der Waals surface area contributed by atoms with E-state index in [0.717, 1.165) is 32.1 Å². The predicted octanol–water partition coefficient (Wildman–Crippen LogP) is 6.08. The molecule has 4 atom stereocenters. The van der Waals surface area contributed by atoms with Crippen LogP contribution in [0.4, 0.5) is 0 Å². The predicted molar refractivity (Wildman–Crippen MR) is 123 cm³/mol. The van der Waals surface area contributed by atoms with Crippen LogP contribution in [-0.4, -0.2) is 50.7 Å². The van der Waals surface area contributed by atoms with Gasteiger partial charge in [-0.3, -0.25) is 0 Å². The molecule has 0 aliphatic heterocycles. The van der Waals surface area contributed by atoms with Crippen LogP contribution in [0.25, 0.3) is 0 Å². The van der Waals surface area contributed by atoms with Gasteiger partial charge in [0.25, 0.3) is 0 Å². The maximum absolute atomic E-state index is 5.65. The Morgan fingerprint density at radius 1 is 1.00 bits per heavy atom. The van der Waals surface area contributed by atoms with Crippen LogP contribution < -0.4 is 11.5 Å². The third kappa shape index (κ3) is 6.47. The molecule has 2 aliphatic rings. The first-order valence-corrected chi connectivity index (χ1v) is 23.3. The molecule has 152 valence electrons. The fourth-order valence-electron chi connectivity index (χ4n) is 6.01. The Bertz CT molecular complexity index is 394. The molecule has 0 saturated heterocycles. The van der Waals surface area contributed by atoms with Crippen molar-refractivity contribution in [1.29, 1.82) is 0 Å². The fourth-order valence-corrected chi connectivity index (χ4v) is 24.6. The fraction of sp³-hybridized carbons (Fsp3) is 1.00. The summed E-state index contributed by atoms with van der Waals surface area (Å²) in [5.41, 5.74) is 13.8. The first-order chi connectivity index (χ1) is 12.3. The van der Waals surface area contributed by atoms with Crippen LogP contribution in [-0.2, 0) is 0 Å². The molecule has 4 unspecified atom stereocenters. The Labute approximate surface area is 178 Å². The van der Waals surface area contributed by atoms with E-state index in [4.69, 9.17) is 11.5 Å². The molecule has 0 radical (unpaired) electrons. The molecule has 4 heteroatoms. The Morgan fingerprint density at radius 2 is 1.62 bits per heavy atom. The van der Waals surface area contributed by atoms with E-state index in [1.54, 1.807) is 8.35 Å². The zero-order valence-corrected chi connectivity index (χ0v) is 24.7. The minimum absolute atomic E-state index is 0.770. The standard InChI is InChI=1S/2C7H13.C3H8N.C2H6N.C2H5.CH3.Ga.In/c2*1-6-4-3-5-7(6)2;1-2-3-4;1-2-3;1-2;;;/h2*6H,3-5H2,1-2H3;1-4H2;1-3H2;1H2,2H3;1H3;;. The average molecular weight is 525 g/mol. The third-order valence-electron chi connectivity index (χ3n) is 8.86. The zero-order chi connectivity index (χ0) is 19.8. The molecule has 0 aromatic heterocycles. The van der Waals surface area contributed by atoms with E-state index in [2.05, 4.69) is 40.1 Å². The summed E-state index contributed by atoms with van der Waals surface area (Å²) in [6.45, 7) is 14.4. The molecule has 2 rings (SSSR count). The van der Waals surface area contributed by atoms with Gasteiger partial charge in [-0.25, -0.2) is 0 Å². The molecule has 0 heterocycles. The van der Waals surface area contributed by atoms with Gasteiger partial charge < -0.3 is 0 Å². The molecule has 2 saturated carbocycles. The van der Waals surface area contributed by atoms with Crippen molar-refractivity contribution < 1.29 is 0 Å². The van der Waals surface area contributed by atoms with E-state index >= 15 is 0 Å². The van der Waals surface area contributed by atoms with Crippen LogP contribution in [0.15, 0.2) is 0 Å². The van der Waals surface area contributed by atoms with Crippen LogP contribution in [0, 0.1) is 11.8 Å². The van der Waals surface area contributed by atoms with Gasteiger partial charge in [-0.15, -0.1) is 0 Å². The second-order valence-electron chi connectivity index (χ2n) is 10.1. The first-order valence-electron chi connectivity index (χ1n) is 11.7. The molecule has 2 aliphatic carbocycles. The topological polar surface area (TPSA) is 52.0 Å². The summed E-state index contributed by atoms with van der Waals surface area (Å²) in [5.74, 6) is 2.00. The molecular weight excluding hydrogens is 477 g/mol. The molecule has 2 fully saturated rings. The number of rotatable bonds is 8. The molecule has 2 nitrogen and oxygen atoms in total. The van der Waals surface area contributed by atoms with E-state index in [-0.39, 0.29) is 0 Å². The molecule has 0 spiro atoms. The summed E-state index contributed by atoms with van der Waals surface area (Å²) in [7, 11) is 0. The van der Waals surface area contributed by atoms with E-state index in [0.29, 0.717) is 0 Å². The second-order valence-corrected chi connectivity index (χ2v) is 29.6. The Morgan fingerprint density at radius 3 is 2.04 bits per heavy atom. The van der Waals surface area contributed by atoms with E-state index in [1.807, 2.05) is 0 Å². The van der Waals surface area contributed by atoms with Gasteiger partial charge in [-0.1, -0.05) is 0 Å². The molecule has 0 aromatic rings. The van der Waals surface area contributed by atoms with Crippen molar-refractivity contribution >= 4 is 37.7 Å². The molecule has 0 bridgehead atoms. The summed E-state index contributed by atoms with van der Waals surface area (Å²) in [6, 6.07) is 0. The van der Waals surface area contributed by atoms with Crippen LogP contribution in [0.3, 0.4) is 0 Å². The van der Waals surface area contributed by atoms with Gasteiger partial charge in [0, 0.05) is 0 Å².